The van der Waals surface area contributed by atoms with E-state index in [2.05, 4.69) is 15.9 Å². The smallest absolute Gasteiger partial charge is 0.243 e. The van der Waals surface area contributed by atoms with Crippen molar-refractivity contribution in [1.82, 2.24) is 4.31 Å². The Morgan fingerprint density at radius 1 is 1.45 bits per heavy atom. The lowest BCUT2D eigenvalue weighted by molar-refractivity contribution is 0.203. The van der Waals surface area contributed by atoms with Gasteiger partial charge in [0.25, 0.3) is 0 Å². The second-order valence-electron chi connectivity index (χ2n) is 4.96. The van der Waals surface area contributed by atoms with Crippen molar-refractivity contribution in [1.29, 1.82) is 0 Å². The molecule has 20 heavy (non-hydrogen) atoms. The van der Waals surface area contributed by atoms with Crippen LogP contribution in [0, 0.1) is 5.92 Å². The summed E-state index contributed by atoms with van der Waals surface area (Å²) in [6.07, 6.45) is 2.45. The van der Waals surface area contributed by atoms with Crippen LogP contribution >= 0.6 is 27.5 Å². The van der Waals surface area contributed by atoms with Crippen molar-refractivity contribution in [3.63, 3.8) is 0 Å². The van der Waals surface area contributed by atoms with Gasteiger partial charge in [0, 0.05) is 24.2 Å². The van der Waals surface area contributed by atoms with Crippen molar-refractivity contribution >= 4 is 37.6 Å². The van der Waals surface area contributed by atoms with Gasteiger partial charge >= 0.3 is 0 Å². The third-order valence-electron chi connectivity index (χ3n) is 3.55. The Morgan fingerprint density at radius 2 is 2.20 bits per heavy atom. The summed E-state index contributed by atoms with van der Waals surface area (Å²) in [4.78, 5) is 0.249. The Kier molecular flexibility index (Phi) is 5.48. The predicted octanol–water partition coefficient (Wildman–Crippen LogP) is 2.89. The monoisotopic (exact) mass is 381 g/mol. The molecule has 1 fully saturated rings. The van der Waals surface area contributed by atoms with Gasteiger partial charge in [-0.2, -0.15) is 4.31 Å². The van der Waals surface area contributed by atoms with Gasteiger partial charge in [-0.3, -0.25) is 0 Å². The molecule has 0 bridgehead atoms. The van der Waals surface area contributed by atoms with Crippen molar-refractivity contribution in [2.24, 2.45) is 5.92 Å². The summed E-state index contributed by atoms with van der Waals surface area (Å²) in [6, 6.07) is 4.64. The molecule has 1 aromatic rings. The molecule has 1 aliphatic rings. The molecular weight excluding hydrogens is 366 g/mol. The molecule has 1 atom stereocenters. The Bertz CT molecular complexity index is 577. The fraction of sp³-hybridized carbons (Fsp3) is 0.538. The van der Waals surface area contributed by atoms with Gasteiger partial charge in [0.1, 0.15) is 0 Å². The van der Waals surface area contributed by atoms with Crippen LogP contribution < -0.4 is 0 Å². The molecular formula is C13H17BrClNO3S. The molecule has 112 valence electrons. The largest absolute Gasteiger partial charge is 0.396 e. The first-order valence-electron chi connectivity index (χ1n) is 6.51. The lowest BCUT2D eigenvalue weighted by Crippen LogP contribution is -2.40. The third-order valence-corrected chi connectivity index (χ3v) is 6.62. The average molecular weight is 383 g/mol. The fourth-order valence-corrected chi connectivity index (χ4v) is 4.68. The van der Waals surface area contributed by atoms with E-state index in [-0.39, 0.29) is 17.4 Å². The highest BCUT2D eigenvalue weighted by Crippen LogP contribution is 2.29. The Balaban J connectivity index is 2.23. The van der Waals surface area contributed by atoms with Crippen LogP contribution in [0.2, 0.25) is 5.02 Å². The van der Waals surface area contributed by atoms with Gasteiger partial charge in [-0.25, -0.2) is 8.42 Å². The van der Waals surface area contributed by atoms with E-state index < -0.39 is 10.0 Å². The number of aliphatic hydroxyl groups is 1. The van der Waals surface area contributed by atoms with Crippen molar-refractivity contribution in [3.05, 3.63) is 27.7 Å². The van der Waals surface area contributed by atoms with E-state index in [0.717, 1.165) is 12.8 Å². The molecule has 1 saturated heterocycles. The highest BCUT2D eigenvalue weighted by atomic mass is 79.9. The SMILES string of the molecule is O=S(=O)(c1ccc(Cl)c(Br)c1)N1CCCC(CCO)C1. The normalized spacial score (nSPS) is 21.1. The number of sulfonamides is 1. The molecule has 0 amide bonds. The van der Waals surface area contributed by atoms with Crippen molar-refractivity contribution in [3.8, 4) is 0 Å². The van der Waals surface area contributed by atoms with Crippen LogP contribution in [0.25, 0.3) is 0 Å². The second kappa shape index (κ2) is 6.75. The molecule has 0 saturated carbocycles. The number of hydrogen-bond acceptors (Lipinski definition) is 3. The summed E-state index contributed by atoms with van der Waals surface area (Å²) in [5.74, 6) is 0.235. The molecule has 7 heteroatoms. The van der Waals surface area contributed by atoms with Crippen LogP contribution in [-0.2, 0) is 10.0 Å². The first-order chi connectivity index (χ1) is 9.45. The lowest BCUT2D eigenvalue weighted by atomic mass is 9.97. The molecule has 0 aliphatic carbocycles. The average Bonchev–Trinajstić information content (AvgIpc) is 2.42. The molecule has 1 unspecified atom stereocenters. The Labute approximate surface area is 132 Å². The molecule has 0 spiro atoms. The van der Waals surface area contributed by atoms with Crippen LogP contribution in [-0.4, -0.2) is 37.5 Å². The van der Waals surface area contributed by atoms with Crippen LogP contribution in [0.1, 0.15) is 19.3 Å². The number of rotatable bonds is 4. The fourth-order valence-electron chi connectivity index (χ4n) is 2.45. The minimum absolute atomic E-state index is 0.102. The number of aliphatic hydroxyl groups excluding tert-OH is 1. The van der Waals surface area contributed by atoms with E-state index >= 15 is 0 Å². The summed E-state index contributed by atoms with van der Waals surface area (Å²) < 4.78 is 27.3. The first kappa shape index (κ1) is 16.2. The molecule has 0 aromatic heterocycles. The summed E-state index contributed by atoms with van der Waals surface area (Å²) in [5.41, 5.74) is 0. The zero-order valence-electron chi connectivity index (χ0n) is 10.9. The van der Waals surface area contributed by atoms with E-state index in [1.807, 2.05) is 0 Å². The van der Waals surface area contributed by atoms with E-state index in [0.29, 0.717) is 29.0 Å². The number of piperidine rings is 1. The van der Waals surface area contributed by atoms with Gasteiger partial charge in [0.15, 0.2) is 0 Å². The zero-order valence-corrected chi connectivity index (χ0v) is 14.1. The van der Waals surface area contributed by atoms with Crippen LogP contribution in [0.5, 0.6) is 0 Å². The maximum Gasteiger partial charge on any atom is 0.243 e. The van der Waals surface area contributed by atoms with Crippen LogP contribution in [0.15, 0.2) is 27.6 Å². The first-order valence-corrected chi connectivity index (χ1v) is 9.12. The molecule has 1 N–H and O–H groups in total. The van der Waals surface area contributed by atoms with Crippen LogP contribution in [0.4, 0.5) is 0 Å². The molecule has 1 aromatic carbocycles. The number of benzene rings is 1. The summed E-state index contributed by atoms with van der Waals surface area (Å²) >= 11 is 9.15. The summed E-state index contributed by atoms with van der Waals surface area (Å²) in [5, 5.41) is 9.49. The summed E-state index contributed by atoms with van der Waals surface area (Å²) in [7, 11) is -3.49. The number of hydrogen-bond donors (Lipinski definition) is 1. The molecule has 4 nitrogen and oxygen atoms in total. The van der Waals surface area contributed by atoms with Gasteiger partial charge in [-0.15, -0.1) is 0 Å². The van der Waals surface area contributed by atoms with Gasteiger partial charge in [-0.05, 0) is 59.3 Å². The predicted molar refractivity (Wildman–Crippen MR) is 82.3 cm³/mol. The van der Waals surface area contributed by atoms with E-state index in [1.54, 1.807) is 6.07 Å². The molecule has 1 aliphatic heterocycles. The zero-order chi connectivity index (χ0) is 14.8. The van der Waals surface area contributed by atoms with E-state index in [1.165, 1.54) is 16.4 Å². The maximum atomic E-state index is 12.6. The van der Waals surface area contributed by atoms with E-state index in [9.17, 15) is 8.42 Å². The van der Waals surface area contributed by atoms with Gasteiger partial charge in [-0.1, -0.05) is 11.6 Å². The Morgan fingerprint density at radius 3 is 2.85 bits per heavy atom. The lowest BCUT2D eigenvalue weighted by Gasteiger charge is -2.31. The van der Waals surface area contributed by atoms with Gasteiger partial charge < -0.3 is 5.11 Å². The number of halogens is 2. The molecule has 2 rings (SSSR count). The van der Waals surface area contributed by atoms with E-state index in [4.69, 9.17) is 16.7 Å². The van der Waals surface area contributed by atoms with Gasteiger partial charge in [0.2, 0.25) is 10.0 Å². The standard InChI is InChI=1S/C13H17BrClNO3S/c14-12-8-11(3-4-13(12)15)20(18,19)16-6-1-2-10(9-16)5-7-17/h3-4,8,10,17H,1-2,5-7,9H2. The van der Waals surface area contributed by atoms with Crippen molar-refractivity contribution in [2.75, 3.05) is 19.7 Å². The van der Waals surface area contributed by atoms with Crippen LogP contribution in [0.3, 0.4) is 0 Å². The maximum absolute atomic E-state index is 12.6. The topological polar surface area (TPSA) is 57.6 Å². The third kappa shape index (κ3) is 3.54. The molecule has 0 radical (unpaired) electrons. The second-order valence-corrected chi connectivity index (χ2v) is 8.16. The highest BCUT2D eigenvalue weighted by Gasteiger charge is 2.30. The van der Waals surface area contributed by atoms with Crippen molar-refractivity contribution < 1.29 is 13.5 Å². The van der Waals surface area contributed by atoms with Crippen molar-refractivity contribution in [2.45, 2.75) is 24.2 Å². The quantitative estimate of drug-likeness (QED) is 0.871. The van der Waals surface area contributed by atoms with Gasteiger partial charge in [0.05, 0.1) is 9.92 Å². The number of nitrogens with zero attached hydrogens (tertiary/aromatic N) is 1. The summed E-state index contributed by atoms with van der Waals surface area (Å²) in [6.45, 7) is 1.11. The highest BCUT2D eigenvalue weighted by molar-refractivity contribution is 9.10. The minimum Gasteiger partial charge on any atom is -0.396 e. The minimum atomic E-state index is -3.49. The Hall–Kier alpha value is -0.140. The molecule has 1 heterocycles.